The van der Waals surface area contributed by atoms with Crippen molar-refractivity contribution in [3.8, 4) is 11.1 Å². The largest absolute Gasteiger partial charge is 0.224 e. The minimum Gasteiger partial charge on any atom is -0.224 e. The van der Waals surface area contributed by atoms with Gasteiger partial charge in [0.05, 0.1) is 21.1 Å². The Balaban J connectivity index is 2.12. The van der Waals surface area contributed by atoms with E-state index in [9.17, 15) is 8.42 Å². The van der Waals surface area contributed by atoms with Crippen LogP contribution in [-0.4, -0.2) is 24.9 Å². The molecule has 1 aromatic heterocycles. The van der Waals surface area contributed by atoms with Gasteiger partial charge in [0, 0.05) is 11.6 Å². The van der Waals surface area contributed by atoms with Gasteiger partial charge in [0.2, 0.25) is 0 Å². The van der Waals surface area contributed by atoms with Crippen LogP contribution in [0.25, 0.3) is 22.0 Å². The van der Waals surface area contributed by atoms with Crippen molar-refractivity contribution in [1.82, 2.24) is 10.2 Å². The van der Waals surface area contributed by atoms with Crippen molar-refractivity contribution in [3.05, 3.63) is 53.2 Å². The first kappa shape index (κ1) is 14.9. The van der Waals surface area contributed by atoms with Gasteiger partial charge in [-0.3, -0.25) is 0 Å². The van der Waals surface area contributed by atoms with Crippen molar-refractivity contribution in [1.29, 1.82) is 0 Å². The molecular weight excluding hydrogens is 320 g/mol. The molecule has 0 aliphatic heterocycles. The predicted molar refractivity (Wildman–Crippen MR) is 87.8 cm³/mol. The van der Waals surface area contributed by atoms with E-state index in [4.69, 9.17) is 11.6 Å². The molecule has 4 nitrogen and oxygen atoms in total. The minimum atomic E-state index is -3.19. The Morgan fingerprint density at radius 2 is 1.59 bits per heavy atom. The molecule has 0 spiro atoms. The second-order valence-corrected chi connectivity index (χ2v) is 7.52. The van der Waals surface area contributed by atoms with E-state index in [1.165, 1.54) is 6.26 Å². The van der Waals surface area contributed by atoms with Gasteiger partial charge < -0.3 is 0 Å². The Labute approximate surface area is 133 Å². The van der Waals surface area contributed by atoms with Crippen molar-refractivity contribution in [3.63, 3.8) is 0 Å². The molecule has 0 N–H and O–H groups in total. The Morgan fingerprint density at radius 1 is 0.955 bits per heavy atom. The fourth-order valence-electron chi connectivity index (χ4n) is 2.24. The van der Waals surface area contributed by atoms with Crippen molar-refractivity contribution < 1.29 is 8.42 Å². The summed E-state index contributed by atoms with van der Waals surface area (Å²) in [4.78, 5) is 0.303. The molecule has 0 atom stereocenters. The molecule has 0 amide bonds. The number of nitrogens with zero attached hydrogens (tertiary/aromatic N) is 2. The van der Waals surface area contributed by atoms with Crippen LogP contribution in [0.3, 0.4) is 0 Å². The normalized spacial score (nSPS) is 11.8. The van der Waals surface area contributed by atoms with Crippen LogP contribution in [0.2, 0.25) is 5.02 Å². The third kappa shape index (κ3) is 2.69. The molecule has 6 heteroatoms. The first-order chi connectivity index (χ1) is 10.4. The summed E-state index contributed by atoms with van der Waals surface area (Å²) in [5, 5.41) is 9.52. The van der Waals surface area contributed by atoms with E-state index in [-0.39, 0.29) is 0 Å². The summed E-state index contributed by atoms with van der Waals surface area (Å²) in [7, 11) is -3.19. The molecule has 0 radical (unpaired) electrons. The van der Waals surface area contributed by atoms with Crippen LogP contribution in [0.15, 0.2) is 47.4 Å². The van der Waals surface area contributed by atoms with E-state index in [1.807, 2.05) is 25.1 Å². The van der Waals surface area contributed by atoms with E-state index < -0.39 is 9.84 Å². The highest BCUT2D eigenvalue weighted by molar-refractivity contribution is 7.90. The molecule has 0 fully saturated rings. The zero-order chi connectivity index (χ0) is 15.9. The average molecular weight is 333 g/mol. The van der Waals surface area contributed by atoms with Gasteiger partial charge in [-0.15, -0.1) is 0 Å². The smallest absolute Gasteiger partial charge is 0.175 e. The SMILES string of the molecule is Cc1nnc2ccc(-c3ccc(S(C)(=O)=O)cc3)cc2c1Cl. The monoisotopic (exact) mass is 332 g/mol. The van der Waals surface area contributed by atoms with Crippen LogP contribution in [0.5, 0.6) is 0 Å². The number of aryl methyl sites for hydroxylation is 1. The molecule has 1 heterocycles. The van der Waals surface area contributed by atoms with Crippen molar-refractivity contribution in [2.45, 2.75) is 11.8 Å². The van der Waals surface area contributed by atoms with E-state index in [1.54, 1.807) is 24.3 Å². The molecule has 0 saturated heterocycles. The maximum absolute atomic E-state index is 11.5. The van der Waals surface area contributed by atoms with Crippen molar-refractivity contribution >= 4 is 32.3 Å². The molecular formula is C16H13ClN2O2S. The summed E-state index contributed by atoms with van der Waals surface area (Å²) in [5.74, 6) is 0. The lowest BCUT2D eigenvalue weighted by molar-refractivity contribution is 0.602. The second kappa shape index (κ2) is 5.34. The Kier molecular flexibility index (Phi) is 3.62. The number of halogens is 1. The summed E-state index contributed by atoms with van der Waals surface area (Å²) >= 11 is 6.29. The summed E-state index contributed by atoms with van der Waals surface area (Å²) in [6.45, 7) is 1.81. The quantitative estimate of drug-likeness (QED) is 0.718. The van der Waals surface area contributed by atoms with Crippen LogP contribution in [0.1, 0.15) is 5.69 Å². The lowest BCUT2D eigenvalue weighted by Gasteiger charge is -2.07. The van der Waals surface area contributed by atoms with Gasteiger partial charge in [-0.1, -0.05) is 29.8 Å². The minimum absolute atomic E-state index is 0.303. The molecule has 3 aromatic rings. The number of rotatable bonds is 2. The summed E-state index contributed by atoms with van der Waals surface area (Å²) in [6.07, 6.45) is 1.19. The summed E-state index contributed by atoms with van der Waals surface area (Å²) in [6, 6.07) is 12.5. The fraction of sp³-hybridized carbons (Fsp3) is 0.125. The Morgan fingerprint density at radius 3 is 2.23 bits per heavy atom. The zero-order valence-corrected chi connectivity index (χ0v) is 13.6. The van der Waals surface area contributed by atoms with E-state index in [0.717, 1.165) is 22.0 Å². The highest BCUT2D eigenvalue weighted by atomic mass is 35.5. The molecule has 0 unspecified atom stereocenters. The van der Waals surface area contributed by atoms with Crippen LogP contribution in [0.4, 0.5) is 0 Å². The van der Waals surface area contributed by atoms with Gasteiger partial charge in [-0.05, 0) is 42.3 Å². The van der Waals surface area contributed by atoms with E-state index in [0.29, 0.717) is 15.6 Å². The van der Waals surface area contributed by atoms with Gasteiger partial charge in [-0.25, -0.2) is 8.42 Å². The van der Waals surface area contributed by atoms with Crippen molar-refractivity contribution in [2.24, 2.45) is 0 Å². The second-order valence-electron chi connectivity index (χ2n) is 5.13. The van der Waals surface area contributed by atoms with Crippen LogP contribution < -0.4 is 0 Å². The number of hydrogen-bond acceptors (Lipinski definition) is 4. The number of aromatic nitrogens is 2. The number of fused-ring (bicyclic) bond motifs is 1. The Hall–Kier alpha value is -1.98. The first-order valence-electron chi connectivity index (χ1n) is 6.59. The topological polar surface area (TPSA) is 59.9 Å². The number of hydrogen-bond donors (Lipinski definition) is 0. The summed E-state index contributed by atoms with van der Waals surface area (Å²) < 4.78 is 23.0. The van der Waals surface area contributed by atoms with Gasteiger partial charge in [0.1, 0.15) is 0 Å². The molecule has 0 aliphatic carbocycles. The number of benzene rings is 2. The van der Waals surface area contributed by atoms with Gasteiger partial charge in [0.25, 0.3) is 0 Å². The van der Waals surface area contributed by atoms with Gasteiger partial charge >= 0.3 is 0 Å². The van der Waals surface area contributed by atoms with Gasteiger partial charge in [0.15, 0.2) is 9.84 Å². The standard InChI is InChI=1S/C16H13ClN2O2S/c1-10-16(17)14-9-12(5-8-15(14)19-18-10)11-3-6-13(7-4-11)22(2,20)21/h3-9H,1-2H3. The molecule has 112 valence electrons. The van der Waals surface area contributed by atoms with Crippen LogP contribution >= 0.6 is 11.6 Å². The van der Waals surface area contributed by atoms with Crippen LogP contribution in [0, 0.1) is 6.92 Å². The first-order valence-corrected chi connectivity index (χ1v) is 8.86. The highest BCUT2D eigenvalue weighted by Crippen LogP contribution is 2.29. The molecule has 0 bridgehead atoms. The maximum Gasteiger partial charge on any atom is 0.175 e. The molecule has 0 saturated carbocycles. The molecule has 3 rings (SSSR count). The maximum atomic E-state index is 11.5. The third-order valence-corrected chi connectivity index (χ3v) is 5.08. The summed E-state index contributed by atoms with van der Waals surface area (Å²) in [5.41, 5.74) is 3.27. The highest BCUT2D eigenvalue weighted by Gasteiger charge is 2.09. The average Bonchev–Trinajstić information content (AvgIpc) is 2.50. The lowest BCUT2D eigenvalue weighted by atomic mass is 10.0. The number of sulfone groups is 1. The molecule has 0 aliphatic rings. The molecule has 22 heavy (non-hydrogen) atoms. The third-order valence-electron chi connectivity index (χ3n) is 3.47. The van der Waals surface area contributed by atoms with Gasteiger partial charge in [-0.2, -0.15) is 10.2 Å². The van der Waals surface area contributed by atoms with Crippen molar-refractivity contribution in [2.75, 3.05) is 6.26 Å². The molecule has 2 aromatic carbocycles. The fourth-order valence-corrected chi connectivity index (χ4v) is 3.06. The van der Waals surface area contributed by atoms with Crippen LogP contribution in [-0.2, 0) is 9.84 Å². The predicted octanol–water partition coefficient (Wildman–Crippen LogP) is 3.66. The zero-order valence-electron chi connectivity index (χ0n) is 12.0. The Bertz CT molecular complexity index is 967. The van der Waals surface area contributed by atoms with E-state index >= 15 is 0 Å². The van der Waals surface area contributed by atoms with E-state index in [2.05, 4.69) is 10.2 Å². The lowest BCUT2D eigenvalue weighted by Crippen LogP contribution is -1.96.